The van der Waals surface area contributed by atoms with Gasteiger partial charge in [0.25, 0.3) is 0 Å². The van der Waals surface area contributed by atoms with Crippen molar-refractivity contribution in [3.05, 3.63) is 82.0 Å². The first-order chi connectivity index (χ1) is 15.7. The molecular weight excluding hydrogens is 436 g/mol. The van der Waals surface area contributed by atoms with E-state index in [0.29, 0.717) is 18.1 Å². The van der Waals surface area contributed by atoms with Gasteiger partial charge in [0.05, 0.1) is 17.0 Å². The number of carbonyl (C=O) groups is 2. The third kappa shape index (κ3) is 8.08. The highest BCUT2D eigenvalue weighted by Gasteiger charge is 2.16. The summed E-state index contributed by atoms with van der Waals surface area (Å²) in [6, 6.07) is 18.5. The molecule has 0 radical (unpaired) electrons. The Balaban J connectivity index is 1.46. The Kier molecular flexibility index (Phi) is 7.84. The van der Waals surface area contributed by atoms with Crippen molar-refractivity contribution in [3.8, 4) is 0 Å². The monoisotopic (exact) mass is 464 g/mol. The molecule has 0 aliphatic carbocycles. The molecule has 0 saturated carbocycles. The fourth-order valence-electron chi connectivity index (χ4n) is 2.88. The second-order valence-corrected chi connectivity index (χ2v) is 9.37. The van der Waals surface area contributed by atoms with Gasteiger partial charge >= 0.3 is 6.09 Å². The van der Waals surface area contributed by atoms with Crippen LogP contribution in [-0.4, -0.2) is 23.4 Å². The first-order valence-corrected chi connectivity index (χ1v) is 11.4. The molecule has 8 heteroatoms. The Morgan fingerprint density at radius 2 is 1.67 bits per heavy atom. The maximum absolute atomic E-state index is 12.3. The summed E-state index contributed by atoms with van der Waals surface area (Å²) in [5.74, 6) is 0.394. The van der Waals surface area contributed by atoms with Crippen LogP contribution in [0.25, 0.3) is 0 Å². The second kappa shape index (κ2) is 10.8. The number of carbonyl (C=O) groups excluding carboxylic acids is 2. The van der Waals surface area contributed by atoms with Crippen LogP contribution in [0.3, 0.4) is 0 Å². The molecule has 0 unspecified atom stereocenters. The van der Waals surface area contributed by atoms with Crippen molar-refractivity contribution in [1.82, 2.24) is 5.32 Å². The number of nitrogens with one attached hydrogen (secondary N) is 2. The second-order valence-electron chi connectivity index (χ2n) is 8.42. The average molecular weight is 465 g/mol. The average Bonchev–Trinajstić information content (AvgIpc) is 3.28. The van der Waals surface area contributed by atoms with Gasteiger partial charge < -0.3 is 15.8 Å². The molecule has 3 rings (SSSR count). The topological polar surface area (TPSA) is 106 Å². The van der Waals surface area contributed by atoms with Gasteiger partial charge in [-0.25, -0.2) is 9.79 Å². The van der Waals surface area contributed by atoms with Crippen LogP contribution >= 0.6 is 11.3 Å². The number of ether oxygens (including phenoxy) is 1. The number of nitrogens with zero attached hydrogens (tertiary/aromatic N) is 1. The van der Waals surface area contributed by atoms with E-state index in [1.807, 2.05) is 41.8 Å². The molecule has 3 aromatic rings. The minimum Gasteiger partial charge on any atom is -0.444 e. The molecule has 7 nitrogen and oxygen atoms in total. The summed E-state index contributed by atoms with van der Waals surface area (Å²) in [6.45, 7) is 5.83. The van der Waals surface area contributed by atoms with Crippen LogP contribution in [0.1, 0.15) is 36.8 Å². The van der Waals surface area contributed by atoms with Crippen molar-refractivity contribution in [1.29, 1.82) is 0 Å². The molecule has 0 aliphatic rings. The van der Waals surface area contributed by atoms with E-state index in [-0.39, 0.29) is 12.3 Å². The Hall–Kier alpha value is -3.65. The third-order valence-electron chi connectivity index (χ3n) is 4.41. The summed E-state index contributed by atoms with van der Waals surface area (Å²) in [5, 5.41) is 7.54. The maximum Gasteiger partial charge on any atom is 0.412 e. The lowest BCUT2D eigenvalue weighted by molar-refractivity contribution is -0.120. The highest BCUT2D eigenvalue weighted by atomic mass is 32.1. The van der Waals surface area contributed by atoms with Crippen molar-refractivity contribution < 1.29 is 14.3 Å². The van der Waals surface area contributed by atoms with Gasteiger partial charge in [0.15, 0.2) is 0 Å². The molecule has 0 aliphatic heterocycles. The van der Waals surface area contributed by atoms with Crippen LogP contribution in [0.2, 0.25) is 0 Å². The van der Waals surface area contributed by atoms with E-state index in [1.54, 1.807) is 56.4 Å². The molecule has 172 valence electrons. The quantitative estimate of drug-likeness (QED) is 0.338. The molecule has 0 spiro atoms. The number of anilines is 1. The van der Waals surface area contributed by atoms with Gasteiger partial charge in [-0.15, -0.1) is 11.3 Å². The maximum atomic E-state index is 12.3. The molecular formula is C25H28N4O3S. The Bertz CT molecular complexity index is 1100. The van der Waals surface area contributed by atoms with Gasteiger partial charge in [-0.3, -0.25) is 10.1 Å². The zero-order valence-electron chi connectivity index (χ0n) is 18.9. The molecule has 2 amide bonds. The van der Waals surface area contributed by atoms with Crippen molar-refractivity contribution in [2.75, 3.05) is 5.32 Å². The number of thiophene rings is 1. The lowest BCUT2D eigenvalue weighted by Crippen LogP contribution is -2.27. The van der Waals surface area contributed by atoms with Crippen LogP contribution in [0.4, 0.5) is 16.2 Å². The summed E-state index contributed by atoms with van der Waals surface area (Å²) < 4.78 is 5.23. The largest absolute Gasteiger partial charge is 0.444 e. The Morgan fingerprint density at radius 3 is 2.27 bits per heavy atom. The summed E-state index contributed by atoms with van der Waals surface area (Å²) in [5.41, 5.74) is 8.63. The predicted octanol–water partition coefficient (Wildman–Crippen LogP) is 4.99. The number of hydrogen-bond donors (Lipinski definition) is 3. The van der Waals surface area contributed by atoms with Crippen molar-refractivity contribution in [3.63, 3.8) is 0 Å². The van der Waals surface area contributed by atoms with Gasteiger partial charge in [0, 0.05) is 12.2 Å². The van der Waals surface area contributed by atoms with Gasteiger partial charge in [0.2, 0.25) is 5.91 Å². The molecule has 4 N–H and O–H groups in total. The SMILES string of the molecule is CC(C)(C)OC(=O)Nc1ccc(CC(=O)NCc2ccc(N=C(N)c3cccs3)cc2)cc1. The molecule has 0 atom stereocenters. The van der Waals surface area contributed by atoms with E-state index in [0.717, 1.165) is 21.7 Å². The standard InChI is InChI=1S/C25H28N4O3S/c1-25(2,3)32-24(31)29-20-10-6-17(7-11-20)15-22(30)27-16-18-8-12-19(13-9-18)28-23(26)21-5-4-14-33-21/h4-14H,15-16H2,1-3H3,(H2,26,28)(H,27,30)(H,29,31). The van der Waals surface area contributed by atoms with Crippen molar-refractivity contribution in [2.45, 2.75) is 39.3 Å². The van der Waals surface area contributed by atoms with E-state index in [9.17, 15) is 9.59 Å². The van der Waals surface area contributed by atoms with Crippen LogP contribution in [-0.2, 0) is 22.5 Å². The molecule has 1 heterocycles. The Morgan fingerprint density at radius 1 is 1.00 bits per heavy atom. The van der Waals surface area contributed by atoms with Crippen LogP contribution in [0, 0.1) is 0 Å². The number of amidine groups is 1. The van der Waals surface area contributed by atoms with E-state index in [4.69, 9.17) is 10.5 Å². The number of benzene rings is 2. The molecule has 1 aromatic heterocycles. The highest BCUT2D eigenvalue weighted by Crippen LogP contribution is 2.17. The minimum atomic E-state index is -0.562. The van der Waals surface area contributed by atoms with Gasteiger partial charge in [-0.1, -0.05) is 30.3 Å². The normalized spacial score (nSPS) is 11.7. The van der Waals surface area contributed by atoms with Crippen molar-refractivity contribution >= 4 is 40.5 Å². The van der Waals surface area contributed by atoms with Crippen LogP contribution in [0.5, 0.6) is 0 Å². The summed E-state index contributed by atoms with van der Waals surface area (Å²) in [4.78, 5) is 29.5. The zero-order chi connectivity index (χ0) is 23.8. The lowest BCUT2D eigenvalue weighted by atomic mass is 10.1. The Labute approximate surface area is 197 Å². The third-order valence-corrected chi connectivity index (χ3v) is 5.31. The first kappa shape index (κ1) is 24.0. The molecule has 2 aromatic carbocycles. The lowest BCUT2D eigenvalue weighted by Gasteiger charge is -2.19. The number of nitrogens with two attached hydrogens (primary N) is 1. The smallest absolute Gasteiger partial charge is 0.412 e. The molecule has 0 fully saturated rings. The summed E-state index contributed by atoms with van der Waals surface area (Å²) in [7, 11) is 0. The number of amides is 2. The van der Waals surface area contributed by atoms with Crippen LogP contribution < -0.4 is 16.4 Å². The summed E-state index contributed by atoms with van der Waals surface area (Å²) >= 11 is 1.54. The van der Waals surface area contributed by atoms with Gasteiger partial charge in [-0.2, -0.15) is 0 Å². The number of rotatable bonds is 7. The van der Waals surface area contributed by atoms with Gasteiger partial charge in [-0.05, 0) is 67.6 Å². The van der Waals surface area contributed by atoms with Crippen molar-refractivity contribution in [2.24, 2.45) is 10.7 Å². The zero-order valence-corrected chi connectivity index (χ0v) is 19.7. The molecule has 0 bridgehead atoms. The van der Waals surface area contributed by atoms with E-state index < -0.39 is 11.7 Å². The number of hydrogen-bond acceptors (Lipinski definition) is 5. The highest BCUT2D eigenvalue weighted by molar-refractivity contribution is 7.12. The van der Waals surface area contributed by atoms with E-state index in [2.05, 4.69) is 15.6 Å². The first-order valence-electron chi connectivity index (χ1n) is 10.5. The van der Waals surface area contributed by atoms with Crippen LogP contribution in [0.15, 0.2) is 71.0 Å². The van der Waals surface area contributed by atoms with E-state index >= 15 is 0 Å². The molecule has 0 saturated heterocycles. The fraction of sp³-hybridized carbons (Fsp3) is 0.240. The fourth-order valence-corrected chi connectivity index (χ4v) is 3.51. The number of aliphatic imine (C=N–C) groups is 1. The molecule has 33 heavy (non-hydrogen) atoms. The van der Waals surface area contributed by atoms with E-state index in [1.165, 1.54) is 0 Å². The predicted molar refractivity (Wildman–Crippen MR) is 133 cm³/mol. The summed E-state index contributed by atoms with van der Waals surface area (Å²) in [6.07, 6.45) is -0.272. The minimum absolute atomic E-state index is 0.0908. The van der Waals surface area contributed by atoms with Gasteiger partial charge in [0.1, 0.15) is 11.4 Å².